The normalized spacial score (nSPS) is 15.0. The minimum Gasteiger partial charge on any atom is -0.490 e. The van der Waals surface area contributed by atoms with Crippen molar-refractivity contribution in [2.45, 2.75) is 33.6 Å². The fourth-order valence-electron chi connectivity index (χ4n) is 2.65. The number of benzene rings is 1. The summed E-state index contributed by atoms with van der Waals surface area (Å²) in [7, 11) is 0. The van der Waals surface area contributed by atoms with Gasteiger partial charge in [0.1, 0.15) is 0 Å². The number of rotatable bonds is 9. The van der Waals surface area contributed by atoms with Crippen LogP contribution in [0.2, 0.25) is 0 Å². The molecule has 2 N–H and O–H groups in total. The van der Waals surface area contributed by atoms with Crippen LogP contribution >= 0.6 is 0 Å². The molecular weight excluding hydrogens is 310 g/mol. The van der Waals surface area contributed by atoms with Crippen LogP contribution in [0.5, 0.6) is 11.5 Å². The van der Waals surface area contributed by atoms with Gasteiger partial charge in [-0.05, 0) is 49.3 Å². The Morgan fingerprint density at radius 2 is 1.96 bits per heavy atom. The second-order valence-corrected chi connectivity index (χ2v) is 6.48. The fraction of sp³-hybridized carbons (Fsp3) is 0.556. The Hall–Kier alpha value is -2.24. The third-order valence-corrected chi connectivity index (χ3v) is 4.57. The number of amides is 1. The lowest BCUT2D eigenvalue weighted by Gasteiger charge is -2.20. The van der Waals surface area contributed by atoms with Gasteiger partial charge in [-0.1, -0.05) is 13.8 Å². The third-order valence-electron chi connectivity index (χ3n) is 4.57. The smallest absolute Gasteiger partial charge is 0.341 e. The monoisotopic (exact) mass is 335 g/mol. The number of nitrogens with one attached hydrogen (secondary N) is 1. The Morgan fingerprint density at radius 1 is 1.25 bits per heavy atom. The van der Waals surface area contributed by atoms with Crippen LogP contribution in [0.3, 0.4) is 0 Å². The molecule has 0 radical (unpaired) electrons. The Morgan fingerprint density at radius 3 is 2.50 bits per heavy atom. The van der Waals surface area contributed by atoms with Crippen LogP contribution in [0.4, 0.5) is 0 Å². The summed E-state index contributed by atoms with van der Waals surface area (Å²) in [4.78, 5) is 23.0. The summed E-state index contributed by atoms with van der Waals surface area (Å²) in [5.41, 5.74) is 0.712. The maximum absolute atomic E-state index is 12.4. The molecule has 0 saturated heterocycles. The summed E-state index contributed by atoms with van der Waals surface area (Å²) in [6.07, 6.45) is 2.30. The molecule has 6 nitrogen and oxygen atoms in total. The highest BCUT2D eigenvalue weighted by molar-refractivity contribution is 5.95. The molecule has 1 amide bonds. The number of carboxylic acids is 1. The van der Waals surface area contributed by atoms with Crippen LogP contribution in [0, 0.1) is 11.3 Å². The number of carboxylic acid groups (broad SMARTS) is 1. The van der Waals surface area contributed by atoms with Crippen molar-refractivity contribution in [2.24, 2.45) is 11.3 Å². The van der Waals surface area contributed by atoms with Gasteiger partial charge in [-0.3, -0.25) is 4.79 Å². The number of hydrogen-bond donors (Lipinski definition) is 2. The predicted molar refractivity (Wildman–Crippen MR) is 89.6 cm³/mol. The summed E-state index contributed by atoms with van der Waals surface area (Å²) < 4.78 is 10.6. The van der Waals surface area contributed by atoms with Crippen molar-refractivity contribution >= 4 is 11.9 Å². The van der Waals surface area contributed by atoms with Gasteiger partial charge in [0.2, 0.25) is 0 Å². The molecule has 1 fully saturated rings. The predicted octanol–water partition coefficient (Wildman–Crippen LogP) is 2.71. The van der Waals surface area contributed by atoms with Gasteiger partial charge in [0.25, 0.3) is 5.91 Å². The molecule has 0 heterocycles. The molecule has 1 aromatic rings. The molecule has 0 aliphatic heterocycles. The molecule has 0 atom stereocenters. The molecule has 132 valence electrons. The highest BCUT2D eigenvalue weighted by Crippen LogP contribution is 2.51. The maximum atomic E-state index is 12.4. The molecular formula is C18H25NO5. The third kappa shape index (κ3) is 4.40. The van der Waals surface area contributed by atoms with E-state index in [1.54, 1.807) is 18.2 Å². The standard InChI is InChI=1S/C18H25NO5/c1-4-23-15-9-13(5-6-14(15)24-10-16(20)21)17(22)19-11-18(7-8-18)12(2)3/h5-6,9,12H,4,7-8,10-11H2,1-3H3,(H,19,22)(H,20,21). The second kappa shape index (κ2) is 7.55. The van der Waals surface area contributed by atoms with Crippen LogP contribution in [0.1, 0.15) is 44.0 Å². The molecule has 0 spiro atoms. The van der Waals surface area contributed by atoms with E-state index < -0.39 is 12.6 Å². The zero-order chi connectivity index (χ0) is 17.7. The summed E-state index contributed by atoms with van der Waals surface area (Å²) in [5.74, 6) is 0.00645. The van der Waals surface area contributed by atoms with Crippen LogP contribution < -0.4 is 14.8 Å². The van der Waals surface area contributed by atoms with Crippen molar-refractivity contribution < 1.29 is 24.2 Å². The van der Waals surface area contributed by atoms with Gasteiger partial charge in [-0.25, -0.2) is 4.79 Å². The van der Waals surface area contributed by atoms with Crippen LogP contribution in [0.25, 0.3) is 0 Å². The van der Waals surface area contributed by atoms with Gasteiger partial charge in [0, 0.05) is 12.1 Å². The Balaban J connectivity index is 2.05. The molecule has 24 heavy (non-hydrogen) atoms. The fourth-order valence-corrected chi connectivity index (χ4v) is 2.65. The van der Waals surface area contributed by atoms with E-state index in [9.17, 15) is 9.59 Å². The molecule has 1 aromatic carbocycles. The van der Waals surface area contributed by atoms with Crippen molar-refractivity contribution in [3.63, 3.8) is 0 Å². The summed E-state index contributed by atoms with van der Waals surface area (Å²) >= 11 is 0. The number of hydrogen-bond acceptors (Lipinski definition) is 4. The van der Waals surface area contributed by atoms with Crippen molar-refractivity contribution in [1.82, 2.24) is 5.32 Å². The van der Waals surface area contributed by atoms with Gasteiger partial charge in [-0.2, -0.15) is 0 Å². The lowest BCUT2D eigenvalue weighted by atomic mass is 9.92. The van der Waals surface area contributed by atoms with E-state index in [2.05, 4.69) is 19.2 Å². The van der Waals surface area contributed by atoms with Crippen molar-refractivity contribution in [2.75, 3.05) is 19.8 Å². The lowest BCUT2D eigenvalue weighted by molar-refractivity contribution is -0.139. The first-order chi connectivity index (χ1) is 11.4. The van der Waals surface area contributed by atoms with E-state index in [-0.39, 0.29) is 11.3 Å². The van der Waals surface area contributed by atoms with E-state index in [1.807, 2.05) is 6.92 Å². The molecule has 0 unspecified atom stereocenters. The van der Waals surface area contributed by atoms with E-state index in [0.29, 0.717) is 36.1 Å². The van der Waals surface area contributed by atoms with Crippen molar-refractivity contribution in [3.05, 3.63) is 23.8 Å². The average Bonchev–Trinajstić information content (AvgIpc) is 3.33. The van der Waals surface area contributed by atoms with Crippen LogP contribution in [-0.4, -0.2) is 36.7 Å². The highest BCUT2D eigenvalue weighted by Gasteiger charge is 2.45. The highest BCUT2D eigenvalue weighted by atomic mass is 16.5. The molecule has 0 aromatic heterocycles. The number of carbonyl (C=O) groups is 2. The summed E-state index contributed by atoms with van der Waals surface area (Å²) in [5, 5.41) is 11.7. The van der Waals surface area contributed by atoms with E-state index in [1.165, 1.54) is 0 Å². The Bertz CT molecular complexity index is 607. The van der Waals surface area contributed by atoms with Crippen LogP contribution in [-0.2, 0) is 4.79 Å². The quantitative estimate of drug-likeness (QED) is 0.725. The van der Waals surface area contributed by atoms with Gasteiger partial charge < -0.3 is 19.9 Å². The van der Waals surface area contributed by atoms with Crippen molar-refractivity contribution in [1.29, 1.82) is 0 Å². The second-order valence-electron chi connectivity index (χ2n) is 6.48. The molecule has 6 heteroatoms. The Labute approximate surface area is 142 Å². The number of aliphatic carboxylic acids is 1. The molecule has 1 aliphatic carbocycles. The summed E-state index contributed by atoms with van der Waals surface area (Å²) in [6, 6.07) is 4.77. The maximum Gasteiger partial charge on any atom is 0.341 e. The van der Waals surface area contributed by atoms with E-state index >= 15 is 0 Å². The van der Waals surface area contributed by atoms with E-state index in [4.69, 9.17) is 14.6 Å². The lowest BCUT2D eigenvalue weighted by Crippen LogP contribution is -2.32. The van der Waals surface area contributed by atoms with Gasteiger partial charge in [0.05, 0.1) is 6.61 Å². The van der Waals surface area contributed by atoms with Crippen molar-refractivity contribution in [3.8, 4) is 11.5 Å². The van der Waals surface area contributed by atoms with Gasteiger partial charge >= 0.3 is 5.97 Å². The Kier molecular flexibility index (Phi) is 5.70. The van der Waals surface area contributed by atoms with E-state index in [0.717, 1.165) is 12.8 Å². The van der Waals surface area contributed by atoms with Gasteiger partial charge in [-0.15, -0.1) is 0 Å². The molecule has 2 rings (SSSR count). The first-order valence-electron chi connectivity index (χ1n) is 8.27. The largest absolute Gasteiger partial charge is 0.490 e. The molecule has 1 saturated carbocycles. The zero-order valence-corrected chi connectivity index (χ0v) is 14.4. The number of carbonyl (C=O) groups excluding carboxylic acids is 1. The number of ether oxygens (including phenoxy) is 2. The minimum absolute atomic E-state index is 0.160. The summed E-state index contributed by atoms with van der Waals surface area (Å²) in [6.45, 7) is 6.79. The first-order valence-corrected chi connectivity index (χ1v) is 8.27. The zero-order valence-electron chi connectivity index (χ0n) is 14.4. The minimum atomic E-state index is -1.07. The first kappa shape index (κ1) is 18.1. The molecule has 0 bridgehead atoms. The topological polar surface area (TPSA) is 84.9 Å². The van der Waals surface area contributed by atoms with Crippen LogP contribution in [0.15, 0.2) is 18.2 Å². The van der Waals surface area contributed by atoms with Gasteiger partial charge in [0.15, 0.2) is 18.1 Å². The molecule has 1 aliphatic rings. The SMILES string of the molecule is CCOc1cc(C(=O)NCC2(C(C)C)CC2)ccc1OCC(=O)O. The average molecular weight is 335 g/mol.